The van der Waals surface area contributed by atoms with Crippen LogP contribution in [0.3, 0.4) is 0 Å². The molecule has 0 fully saturated rings. The first-order valence-corrected chi connectivity index (χ1v) is 8.93. The lowest BCUT2D eigenvalue weighted by Gasteiger charge is -2.11. The van der Waals surface area contributed by atoms with Gasteiger partial charge in [0.15, 0.2) is 0 Å². The van der Waals surface area contributed by atoms with Crippen LogP contribution in [-0.4, -0.2) is 27.8 Å². The van der Waals surface area contributed by atoms with Gasteiger partial charge in [-0.2, -0.15) is 0 Å². The first-order chi connectivity index (χ1) is 13.4. The third kappa shape index (κ3) is 4.40. The van der Waals surface area contributed by atoms with Crippen molar-refractivity contribution in [2.24, 2.45) is 0 Å². The number of nitrogens with zero attached hydrogens (tertiary/aromatic N) is 3. The van der Waals surface area contributed by atoms with E-state index in [0.717, 1.165) is 0 Å². The molecule has 28 heavy (non-hydrogen) atoms. The molecule has 0 aliphatic heterocycles. The Bertz CT molecular complexity index is 1060. The smallest absolute Gasteiger partial charge is 0.251 e. The van der Waals surface area contributed by atoms with Crippen molar-refractivity contribution >= 4 is 23.2 Å². The monoisotopic (exact) mass is 402 g/mol. The summed E-state index contributed by atoms with van der Waals surface area (Å²) in [6.07, 6.45) is 1.51. The van der Waals surface area contributed by atoms with Crippen LogP contribution < -0.4 is 15.6 Å². The summed E-state index contributed by atoms with van der Waals surface area (Å²) >= 11 is 5.97. The largest absolute Gasteiger partial charge is 0.495 e. The summed E-state index contributed by atoms with van der Waals surface area (Å²) in [5.41, 5.74) is 0.635. The van der Waals surface area contributed by atoms with Gasteiger partial charge in [0.05, 0.1) is 18.4 Å². The highest BCUT2D eigenvalue weighted by molar-refractivity contribution is 6.31. The topological polar surface area (TPSA) is 99.2 Å². The Morgan fingerprint density at radius 3 is 2.75 bits per heavy atom. The Hall–Kier alpha value is -3.13. The molecule has 8 nitrogen and oxygen atoms in total. The lowest BCUT2D eigenvalue weighted by atomic mass is 10.2. The van der Waals surface area contributed by atoms with Crippen molar-refractivity contribution in [1.82, 2.24) is 14.8 Å². The molecule has 2 aromatic heterocycles. The highest BCUT2D eigenvalue weighted by atomic mass is 35.5. The molecule has 3 aromatic rings. The van der Waals surface area contributed by atoms with Gasteiger partial charge in [-0.3, -0.25) is 9.59 Å². The van der Waals surface area contributed by atoms with Crippen LogP contribution >= 0.6 is 11.6 Å². The van der Waals surface area contributed by atoms with E-state index < -0.39 is 5.91 Å². The highest BCUT2D eigenvalue weighted by Crippen LogP contribution is 2.27. The fourth-order valence-electron chi connectivity index (χ4n) is 2.49. The molecule has 0 spiro atoms. The number of rotatable bonds is 6. The molecular weight excluding hydrogens is 384 g/mol. The van der Waals surface area contributed by atoms with Gasteiger partial charge in [0, 0.05) is 23.2 Å². The molecule has 1 aromatic carbocycles. The SMILES string of the molecule is COc1ccc(Cl)cc1NC(=O)Cn1cc(-c2nnc(C(C)C)o2)ccc1=O. The molecule has 0 radical (unpaired) electrons. The van der Waals surface area contributed by atoms with E-state index in [4.69, 9.17) is 20.8 Å². The molecule has 1 N–H and O–H groups in total. The number of ether oxygens (including phenoxy) is 1. The highest BCUT2D eigenvalue weighted by Gasteiger charge is 2.14. The summed E-state index contributed by atoms with van der Waals surface area (Å²) in [4.78, 5) is 24.6. The number of nitrogens with one attached hydrogen (secondary N) is 1. The quantitative estimate of drug-likeness (QED) is 0.679. The molecule has 146 valence electrons. The molecule has 9 heteroatoms. The van der Waals surface area contributed by atoms with E-state index in [9.17, 15) is 9.59 Å². The zero-order valence-electron chi connectivity index (χ0n) is 15.6. The third-order valence-electron chi connectivity index (χ3n) is 3.91. The van der Waals surface area contributed by atoms with Crippen LogP contribution in [0.4, 0.5) is 5.69 Å². The second-order valence-corrected chi connectivity index (χ2v) is 6.81. The van der Waals surface area contributed by atoms with Gasteiger partial charge in [-0.25, -0.2) is 0 Å². The minimum Gasteiger partial charge on any atom is -0.495 e. The Balaban J connectivity index is 1.81. The molecule has 0 unspecified atom stereocenters. The fourth-order valence-corrected chi connectivity index (χ4v) is 2.66. The Labute approximate surface area is 166 Å². The number of pyridine rings is 1. The molecule has 1 amide bonds. The zero-order chi connectivity index (χ0) is 20.3. The van der Waals surface area contributed by atoms with Crippen molar-refractivity contribution in [3.05, 3.63) is 57.8 Å². The number of benzene rings is 1. The number of carbonyl (C=O) groups is 1. The van der Waals surface area contributed by atoms with E-state index in [2.05, 4.69) is 15.5 Å². The zero-order valence-corrected chi connectivity index (χ0v) is 16.4. The molecule has 0 aliphatic carbocycles. The van der Waals surface area contributed by atoms with Crippen LogP contribution in [0, 0.1) is 0 Å². The van der Waals surface area contributed by atoms with E-state index >= 15 is 0 Å². The first-order valence-electron chi connectivity index (χ1n) is 8.55. The standard InChI is InChI=1S/C19H19ClN4O4/c1-11(2)18-22-23-19(28-18)12-4-7-17(26)24(9-12)10-16(25)21-14-8-13(20)5-6-15(14)27-3/h4-9,11H,10H2,1-3H3,(H,21,25). The van der Waals surface area contributed by atoms with Crippen LogP contribution in [-0.2, 0) is 11.3 Å². The molecule has 0 saturated heterocycles. The van der Waals surface area contributed by atoms with Crippen molar-refractivity contribution in [2.45, 2.75) is 26.3 Å². The van der Waals surface area contributed by atoms with Crippen LogP contribution in [0.1, 0.15) is 25.7 Å². The maximum atomic E-state index is 12.4. The van der Waals surface area contributed by atoms with Gasteiger partial charge in [-0.1, -0.05) is 25.4 Å². The molecule has 3 rings (SSSR count). The summed E-state index contributed by atoms with van der Waals surface area (Å²) in [5, 5.41) is 11.1. The Morgan fingerprint density at radius 2 is 2.07 bits per heavy atom. The summed E-state index contributed by atoms with van der Waals surface area (Å²) < 4.78 is 12.1. The maximum absolute atomic E-state index is 12.4. The van der Waals surface area contributed by atoms with Crippen LogP contribution in [0.2, 0.25) is 5.02 Å². The lowest BCUT2D eigenvalue weighted by molar-refractivity contribution is -0.116. The molecule has 0 atom stereocenters. The van der Waals surface area contributed by atoms with Gasteiger partial charge in [0.1, 0.15) is 12.3 Å². The number of carbonyl (C=O) groups excluding carboxylic acids is 1. The van der Waals surface area contributed by atoms with E-state index in [1.54, 1.807) is 24.3 Å². The van der Waals surface area contributed by atoms with E-state index in [1.165, 1.54) is 23.9 Å². The predicted molar refractivity (Wildman–Crippen MR) is 105 cm³/mol. The number of anilines is 1. The van der Waals surface area contributed by atoms with Gasteiger partial charge < -0.3 is 19.0 Å². The molecule has 0 saturated carbocycles. The minimum atomic E-state index is -0.409. The first kappa shape index (κ1) is 19.6. The second kappa shape index (κ2) is 8.26. The number of methoxy groups -OCH3 is 1. The van der Waals surface area contributed by atoms with E-state index in [-0.39, 0.29) is 23.9 Å². The van der Waals surface area contributed by atoms with Crippen molar-refractivity contribution in [3.63, 3.8) is 0 Å². The van der Waals surface area contributed by atoms with Gasteiger partial charge in [-0.15, -0.1) is 10.2 Å². The van der Waals surface area contributed by atoms with Crippen molar-refractivity contribution in [1.29, 1.82) is 0 Å². The number of halogens is 1. The van der Waals surface area contributed by atoms with Crippen molar-refractivity contribution in [2.75, 3.05) is 12.4 Å². The van der Waals surface area contributed by atoms with Crippen molar-refractivity contribution < 1.29 is 13.9 Å². The normalized spacial score (nSPS) is 10.9. The van der Waals surface area contributed by atoms with Crippen LogP contribution in [0.15, 0.2) is 45.7 Å². The lowest BCUT2D eigenvalue weighted by Crippen LogP contribution is -2.27. The fraction of sp³-hybridized carbons (Fsp3) is 0.263. The average Bonchev–Trinajstić information content (AvgIpc) is 3.14. The number of amides is 1. The third-order valence-corrected chi connectivity index (χ3v) is 4.15. The van der Waals surface area contributed by atoms with Crippen molar-refractivity contribution in [3.8, 4) is 17.2 Å². The Kier molecular flexibility index (Phi) is 5.79. The van der Waals surface area contributed by atoms with Crippen LogP contribution in [0.5, 0.6) is 5.75 Å². The average molecular weight is 403 g/mol. The predicted octanol–water partition coefficient (Wildman–Crippen LogP) is 3.32. The molecule has 2 heterocycles. The van der Waals surface area contributed by atoms with E-state index in [0.29, 0.717) is 27.9 Å². The van der Waals surface area contributed by atoms with Gasteiger partial charge in [-0.05, 0) is 24.3 Å². The van der Waals surface area contributed by atoms with Gasteiger partial charge in [0.2, 0.25) is 17.7 Å². The summed E-state index contributed by atoms with van der Waals surface area (Å²) in [7, 11) is 1.49. The summed E-state index contributed by atoms with van der Waals surface area (Å²) in [5.74, 6) is 0.928. The number of hydrogen-bond acceptors (Lipinski definition) is 6. The summed E-state index contributed by atoms with van der Waals surface area (Å²) in [6.45, 7) is 3.67. The molecule has 0 aliphatic rings. The number of aromatic nitrogens is 3. The summed E-state index contributed by atoms with van der Waals surface area (Å²) in [6, 6.07) is 7.80. The van der Waals surface area contributed by atoms with Gasteiger partial charge >= 0.3 is 0 Å². The minimum absolute atomic E-state index is 0.0885. The Morgan fingerprint density at radius 1 is 1.29 bits per heavy atom. The molecular formula is C19H19ClN4O4. The maximum Gasteiger partial charge on any atom is 0.251 e. The van der Waals surface area contributed by atoms with Crippen LogP contribution in [0.25, 0.3) is 11.5 Å². The second-order valence-electron chi connectivity index (χ2n) is 6.38. The van der Waals surface area contributed by atoms with E-state index in [1.807, 2.05) is 13.8 Å². The molecule has 0 bridgehead atoms. The van der Waals surface area contributed by atoms with Gasteiger partial charge in [0.25, 0.3) is 5.56 Å². The number of hydrogen-bond donors (Lipinski definition) is 1.